The molecular weight excluding hydrogens is 294 g/mol. The molecule has 8 nitrogen and oxygen atoms in total. The number of nitrogens with one attached hydrogen (secondary N) is 1. The number of aliphatic hydroxyl groups is 1. The van der Waals surface area contributed by atoms with E-state index in [4.69, 9.17) is 10.5 Å². The number of nitrogens with two attached hydrogens (primary N) is 1. The SMILES string of the molecule is CCC[C@H]1O[C@@H](n2cnc3c(=O)[nH]c(N)nc32)[C@H](S)[C@@H]1O. The lowest BCUT2D eigenvalue weighted by Crippen LogP contribution is -2.27. The molecule has 0 unspecified atom stereocenters. The van der Waals surface area contributed by atoms with Crippen molar-refractivity contribution in [2.24, 2.45) is 0 Å². The Balaban J connectivity index is 2.03. The molecule has 114 valence electrons. The molecule has 1 aliphatic rings. The number of thiol groups is 1. The van der Waals surface area contributed by atoms with Crippen LogP contribution in [0.1, 0.15) is 26.0 Å². The summed E-state index contributed by atoms with van der Waals surface area (Å²) < 4.78 is 7.46. The lowest BCUT2D eigenvalue weighted by molar-refractivity contribution is -0.0207. The number of imidazole rings is 1. The van der Waals surface area contributed by atoms with Crippen molar-refractivity contribution in [3.8, 4) is 0 Å². The Kier molecular flexibility index (Phi) is 3.64. The third kappa shape index (κ3) is 2.30. The molecule has 0 radical (unpaired) electrons. The van der Waals surface area contributed by atoms with Gasteiger partial charge in [0, 0.05) is 0 Å². The van der Waals surface area contributed by atoms with Gasteiger partial charge in [-0.15, -0.1) is 0 Å². The van der Waals surface area contributed by atoms with Crippen molar-refractivity contribution in [3.63, 3.8) is 0 Å². The van der Waals surface area contributed by atoms with Crippen LogP contribution in [0.15, 0.2) is 11.1 Å². The number of ether oxygens (including phenoxy) is 1. The highest BCUT2D eigenvalue weighted by Gasteiger charge is 2.42. The lowest BCUT2D eigenvalue weighted by atomic mass is 10.1. The number of anilines is 1. The molecule has 0 saturated carbocycles. The van der Waals surface area contributed by atoms with Gasteiger partial charge in [-0.1, -0.05) is 13.3 Å². The number of aliphatic hydroxyl groups excluding tert-OH is 1. The second kappa shape index (κ2) is 5.32. The van der Waals surface area contributed by atoms with Crippen LogP contribution < -0.4 is 11.3 Å². The maximum absolute atomic E-state index is 11.8. The van der Waals surface area contributed by atoms with Gasteiger partial charge in [-0.2, -0.15) is 17.6 Å². The third-order valence-electron chi connectivity index (χ3n) is 3.64. The van der Waals surface area contributed by atoms with Crippen molar-refractivity contribution in [1.82, 2.24) is 19.5 Å². The fraction of sp³-hybridized carbons (Fsp3) is 0.583. The van der Waals surface area contributed by atoms with Gasteiger partial charge in [-0.05, 0) is 6.42 Å². The van der Waals surface area contributed by atoms with Gasteiger partial charge in [0.05, 0.1) is 23.8 Å². The Morgan fingerprint density at radius 2 is 2.38 bits per heavy atom. The average molecular weight is 311 g/mol. The quantitative estimate of drug-likeness (QED) is 0.595. The zero-order valence-electron chi connectivity index (χ0n) is 11.4. The Morgan fingerprint density at radius 3 is 3.10 bits per heavy atom. The molecule has 0 aromatic carbocycles. The summed E-state index contributed by atoms with van der Waals surface area (Å²) in [5, 5.41) is 9.76. The average Bonchev–Trinajstić information content (AvgIpc) is 2.96. The Labute approximate surface area is 125 Å². The Morgan fingerprint density at radius 1 is 1.62 bits per heavy atom. The van der Waals surface area contributed by atoms with Crippen molar-refractivity contribution in [3.05, 3.63) is 16.7 Å². The Hall–Kier alpha value is -1.58. The molecule has 1 aliphatic heterocycles. The molecule has 3 rings (SSSR count). The van der Waals surface area contributed by atoms with Crippen LogP contribution in [0.2, 0.25) is 0 Å². The molecule has 4 atom stereocenters. The summed E-state index contributed by atoms with van der Waals surface area (Å²) in [7, 11) is 0. The molecule has 3 heterocycles. The number of aromatic nitrogens is 4. The van der Waals surface area contributed by atoms with E-state index in [0.717, 1.165) is 12.8 Å². The highest BCUT2D eigenvalue weighted by Crippen LogP contribution is 2.36. The van der Waals surface area contributed by atoms with E-state index < -0.39 is 23.1 Å². The molecule has 2 aromatic rings. The number of hydrogen-bond donors (Lipinski definition) is 4. The predicted molar refractivity (Wildman–Crippen MR) is 80.2 cm³/mol. The van der Waals surface area contributed by atoms with Gasteiger partial charge in [0.15, 0.2) is 17.4 Å². The van der Waals surface area contributed by atoms with Crippen LogP contribution in [0.5, 0.6) is 0 Å². The van der Waals surface area contributed by atoms with Gasteiger partial charge in [0.2, 0.25) is 5.95 Å². The van der Waals surface area contributed by atoms with Gasteiger partial charge in [0.25, 0.3) is 5.56 Å². The summed E-state index contributed by atoms with van der Waals surface area (Å²) in [5.41, 5.74) is 5.67. The van der Waals surface area contributed by atoms with Crippen LogP contribution in [-0.4, -0.2) is 42.1 Å². The molecule has 0 bridgehead atoms. The highest BCUT2D eigenvalue weighted by molar-refractivity contribution is 7.81. The number of H-pyrrole nitrogens is 1. The topological polar surface area (TPSA) is 119 Å². The highest BCUT2D eigenvalue weighted by atomic mass is 32.1. The monoisotopic (exact) mass is 311 g/mol. The number of fused-ring (bicyclic) bond motifs is 1. The summed E-state index contributed by atoms with van der Waals surface area (Å²) in [5.74, 6) is 0.00798. The maximum Gasteiger partial charge on any atom is 0.280 e. The molecule has 0 aliphatic carbocycles. The first-order valence-corrected chi connectivity index (χ1v) is 7.28. The summed E-state index contributed by atoms with van der Waals surface area (Å²) in [4.78, 5) is 22.3. The van der Waals surface area contributed by atoms with E-state index in [9.17, 15) is 9.90 Å². The van der Waals surface area contributed by atoms with Crippen LogP contribution in [0.25, 0.3) is 11.2 Å². The summed E-state index contributed by atoms with van der Waals surface area (Å²) >= 11 is 4.43. The smallest absolute Gasteiger partial charge is 0.280 e. The predicted octanol–water partition coefficient (Wildman–Crippen LogP) is 0.0586. The van der Waals surface area contributed by atoms with Crippen LogP contribution in [0.4, 0.5) is 5.95 Å². The molecule has 21 heavy (non-hydrogen) atoms. The fourth-order valence-electron chi connectivity index (χ4n) is 2.61. The van der Waals surface area contributed by atoms with Crippen molar-refractivity contribution in [2.45, 2.75) is 43.5 Å². The molecule has 9 heteroatoms. The molecule has 1 fully saturated rings. The van der Waals surface area contributed by atoms with Crippen molar-refractivity contribution in [2.75, 3.05) is 5.73 Å². The van der Waals surface area contributed by atoms with Crippen molar-refractivity contribution < 1.29 is 9.84 Å². The minimum absolute atomic E-state index is 0.00798. The van der Waals surface area contributed by atoms with E-state index in [1.165, 1.54) is 6.33 Å². The minimum Gasteiger partial charge on any atom is -0.389 e. The van der Waals surface area contributed by atoms with E-state index in [1.807, 2.05) is 6.92 Å². The minimum atomic E-state index is -0.685. The first-order chi connectivity index (χ1) is 10.0. The second-order valence-corrected chi connectivity index (χ2v) is 5.71. The number of hydrogen-bond acceptors (Lipinski definition) is 7. The van der Waals surface area contributed by atoms with E-state index in [0.29, 0.717) is 5.65 Å². The number of aromatic amines is 1. The van der Waals surface area contributed by atoms with Gasteiger partial charge < -0.3 is 15.6 Å². The van der Waals surface area contributed by atoms with E-state index in [2.05, 4.69) is 27.6 Å². The Bertz CT molecular complexity index is 714. The third-order valence-corrected chi connectivity index (χ3v) is 4.20. The van der Waals surface area contributed by atoms with Crippen LogP contribution in [-0.2, 0) is 4.74 Å². The standard InChI is InChI=1S/C12H17N5O3S/c1-2-3-5-7(18)8(21)11(20-5)17-4-14-6-9(17)15-12(13)16-10(6)19/h4-5,7-8,11,18,21H,2-3H2,1H3,(H3,13,15,16,19)/t5-,7-,8-,11-/m1/s1. The molecule has 1 saturated heterocycles. The lowest BCUT2D eigenvalue weighted by Gasteiger charge is -2.16. The molecule has 4 N–H and O–H groups in total. The van der Waals surface area contributed by atoms with Gasteiger partial charge in [-0.25, -0.2) is 4.98 Å². The molecule has 0 spiro atoms. The largest absolute Gasteiger partial charge is 0.389 e. The van der Waals surface area contributed by atoms with Crippen molar-refractivity contribution >= 4 is 29.7 Å². The summed E-state index contributed by atoms with van der Waals surface area (Å²) in [6, 6.07) is 0. The number of nitrogen functional groups attached to an aromatic ring is 1. The van der Waals surface area contributed by atoms with Gasteiger partial charge in [0.1, 0.15) is 0 Å². The number of nitrogens with zero attached hydrogens (tertiary/aromatic N) is 3. The van der Waals surface area contributed by atoms with Crippen LogP contribution in [0, 0.1) is 0 Å². The fourth-order valence-corrected chi connectivity index (χ4v) is 3.02. The molecular formula is C12H17N5O3S. The van der Waals surface area contributed by atoms with E-state index in [1.54, 1.807) is 4.57 Å². The van der Waals surface area contributed by atoms with Crippen molar-refractivity contribution in [1.29, 1.82) is 0 Å². The van der Waals surface area contributed by atoms with Crippen LogP contribution in [0.3, 0.4) is 0 Å². The van der Waals surface area contributed by atoms with E-state index in [-0.39, 0.29) is 17.6 Å². The summed E-state index contributed by atoms with van der Waals surface area (Å²) in [6.07, 6.45) is 1.57. The maximum atomic E-state index is 11.8. The molecule has 2 aromatic heterocycles. The molecule has 0 amide bonds. The zero-order valence-corrected chi connectivity index (χ0v) is 12.3. The van der Waals surface area contributed by atoms with E-state index >= 15 is 0 Å². The van der Waals surface area contributed by atoms with Crippen LogP contribution >= 0.6 is 12.6 Å². The summed E-state index contributed by atoms with van der Waals surface area (Å²) in [6.45, 7) is 2.02. The first kappa shape index (κ1) is 14.4. The first-order valence-electron chi connectivity index (χ1n) is 6.76. The zero-order chi connectivity index (χ0) is 15.1. The van der Waals surface area contributed by atoms with Gasteiger partial charge >= 0.3 is 0 Å². The van der Waals surface area contributed by atoms with Gasteiger partial charge in [-0.3, -0.25) is 14.3 Å². The normalized spacial score (nSPS) is 29.3. The number of rotatable bonds is 3. The second-order valence-electron chi connectivity index (χ2n) is 5.11.